The van der Waals surface area contributed by atoms with Crippen LogP contribution in [-0.2, 0) is 15.6 Å². The summed E-state index contributed by atoms with van der Waals surface area (Å²) in [6, 6.07) is 7.77. The van der Waals surface area contributed by atoms with Crippen molar-refractivity contribution in [1.82, 2.24) is 0 Å². The van der Waals surface area contributed by atoms with Crippen LogP contribution in [-0.4, -0.2) is 23.0 Å². The summed E-state index contributed by atoms with van der Waals surface area (Å²) in [4.78, 5) is 25.9. The molecule has 0 saturated carbocycles. The Morgan fingerprint density at radius 2 is 1.42 bits per heavy atom. The Labute approximate surface area is 263 Å². The lowest BCUT2D eigenvalue weighted by molar-refractivity contribution is -0.123. The molecule has 1 unspecified atom stereocenters. The number of hydrogen-bond donors (Lipinski definition) is 3. The third kappa shape index (κ3) is 8.06. The minimum Gasteiger partial charge on any atom is -0.506 e. The fourth-order valence-electron chi connectivity index (χ4n) is 4.43. The number of hydrogen-bond acceptors (Lipinski definition) is 4. The molecule has 6 nitrogen and oxygen atoms in total. The van der Waals surface area contributed by atoms with Crippen LogP contribution in [0.3, 0.4) is 0 Å². The predicted octanol–water partition coefficient (Wildman–Crippen LogP) is 9.16. The molecule has 0 aliphatic rings. The molecule has 45 heavy (non-hydrogen) atoms. The van der Waals surface area contributed by atoms with Gasteiger partial charge in [0.1, 0.15) is 17.1 Å². The second-order valence-corrected chi connectivity index (χ2v) is 13.1. The molecule has 12 heteroatoms. The van der Waals surface area contributed by atoms with Gasteiger partial charge in [-0.05, 0) is 46.9 Å². The van der Waals surface area contributed by atoms with E-state index in [2.05, 4.69) is 32.2 Å². The topological polar surface area (TPSA) is 87.7 Å². The van der Waals surface area contributed by atoms with Crippen LogP contribution in [0.2, 0.25) is 5.02 Å². The van der Waals surface area contributed by atoms with E-state index < -0.39 is 64.0 Å². The first-order valence-electron chi connectivity index (χ1n) is 14.3. The molecule has 1 atom stereocenters. The molecule has 0 fully saturated rings. The lowest BCUT2D eigenvalue weighted by atomic mass is 9.80. The van der Waals surface area contributed by atoms with Crippen molar-refractivity contribution in [3.63, 3.8) is 0 Å². The largest absolute Gasteiger partial charge is 0.506 e. The Bertz CT molecular complexity index is 1590. The second kappa shape index (κ2) is 13.6. The number of benzene rings is 3. The van der Waals surface area contributed by atoms with Gasteiger partial charge in [-0.15, -0.1) is 0 Å². The van der Waals surface area contributed by atoms with E-state index in [0.29, 0.717) is 18.6 Å². The first-order valence-corrected chi connectivity index (χ1v) is 14.6. The van der Waals surface area contributed by atoms with Crippen molar-refractivity contribution in [3.8, 4) is 11.5 Å². The minimum absolute atomic E-state index is 0.0855. The van der Waals surface area contributed by atoms with E-state index in [-0.39, 0.29) is 21.5 Å². The van der Waals surface area contributed by atoms with Gasteiger partial charge in [0.05, 0.1) is 16.4 Å². The van der Waals surface area contributed by atoms with E-state index in [1.807, 2.05) is 45.1 Å². The van der Waals surface area contributed by atoms with Crippen LogP contribution in [0.1, 0.15) is 89.2 Å². The van der Waals surface area contributed by atoms with E-state index in [4.69, 9.17) is 16.3 Å². The zero-order valence-corrected chi connectivity index (χ0v) is 26.8. The van der Waals surface area contributed by atoms with Crippen molar-refractivity contribution in [2.24, 2.45) is 0 Å². The van der Waals surface area contributed by atoms with Crippen molar-refractivity contribution in [1.29, 1.82) is 0 Å². The summed E-state index contributed by atoms with van der Waals surface area (Å²) in [6.45, 7) is 14.4. The highest BCUT2D eigenvalue weighted by molar-refractivity contribution is 6.34. The standard InChI is InChI=1S/C33H36ClF5N2O4/c1-8-9-10-23(45-22-12-11-16(32(2,3)4)13-17(22)33(5,6)7)30(43)40-19-15-21(42)20(14-18(19)34)41-31(44)24-25(35)27(37)29(39)28(38)26(24)36/h11-15,23,42H,8-10H2,1-7H3,(H,40,43)(H,41,44). The van der Waals surface area contributed by atoms with Crippen molar-refractivity contribution < 1.29 is 41.4 Å². The Kier molecular flexibility index (Phi) is 10.8. The molecule has 0 bridgehead atoms. The monoisotopic (exact) mass is 654 g/mol. The molecule has 0 heterocycles. The van der Waals surface area contributed by atoms with Crippen LogP contribution >= 0.6 is 11.6 Å². The number of unbranched alkanes of at least 4 members (excludes halogenated alkanes) is 1. The van der Waals surface area contributed by atoms with Gasteiger partial charge in [0.2, 0.25) is 5.82 Å². The third-order valence-electron chi connectivity index (χ3n) is 7.06. The van der Waals surface area contributed by atoms with E-state index in [1.165, 1.54) is 0 Å². The van der Waals surface area contributed by atoms with Gasteiger partial charge in [-0.2, -0.15) is 0 Å². The molecule has 0 aliphatic carbocycles. The molecule has 3 aromatic rings. The van der Waals surface area contributed by atoms with Gasteiger partial charge in [0.15, 0.2) is 29.4 Å². The average molecular weight is 655 g/mol. The number of phenols is 1. The number of carbonyl (C=O) groups is 2. The quantitative estimate of drug-likeness (QED) is 0.0929. The third-order valence-corrected chi connectivity index (χ3v) is 7.38. The summed E-state index contributed by atoms with van der Waals surface area (Å²) < 4.78 is 75.0. The second-order valence-electron chi connectivity index (χ2n) is 12.7. The fourth-order valence-corrected chi connectivity index (χ4v) is 4.64. The van der Waals surface area contributed by atoms with E-state index in [0.717, 1.165) is 29.7 Å². The van der Waals surface area contributed by atoms with Gasteiger partial charge in [-0.25, -0.2) is 22.0 Å². The summed E-state index contributed by atoms with van der Waals surface area (Å²) in [7, 11) is 0. The Balaban J connectivity index is 1.89. The zero-order valence-electron chi connectivity index (χ0n) is 26.0. The Morgan fingerprint density at radius 1 is 0.844 bits per heavy atom. The molecule has 3 aromatic carbocycles. The first kappa shape index (κ1) is 35.6. The zero-order chi connectivity index (χ0) is 34.0. The van der Waals surface area contributed by atoms with Crippen LogP contribution < -0.4 is 15.4 Å². The van der Waals surface area contributed by atoms with E-state index in [1.54, 1.807) is 0 Å². The Hall–Kier alpha value is -3.86. The van der Waals surface area contributed by atoms with Crippen molar-refractivity contribution >= 4 is 34.8 Å². The molecule has 0 radical (unpaired) electrons. The summed E-state index contributed by atoms with van der Waals surface area (Å²) in [5.74, 6) is -14.2. The Morgan fingerprint density at radius 3 is 1.96 bits per heavy atom. The maximum Gasteiger partial charge on any atom is 0.265 e. The number of phenolic OH excluding ortho intramolecular Hbond substituents is 1. The van der Waals surface area contributed by atoms with Gasteiger partial charge in [-0.1, -0.05) is 78.6 Å². The van der Waals surface area contributed by atoms with Gasteiger partial charge < -0.3 is 20.5 Å². The van der Waals surface area contributed by atoms with Gasteiger partial charge in [0.25, 0.3) is 11.8 Å². The number of rotatable bonds is 9. The summed E-state index contributed by atoms with van der Waals surface area (Å²) in [5, 5.41) is 14.8. The highest BCUT2D eigenvalue weighted by atomic mass is 35.5. The van der Waals surface area contributed by atoms with Crippen LogP contribution in [0.4, 0.5) is 33.3 Å². The molecule has 0 aromatic heterocycles. The molecule has 0 spiro atoms. The summed E-state index contributed by atoms with van der Waals surface area (Å²) in [5.41, 5.74) is -0.764. The number of amides is 2. The normalized spacial score (nSPS) is 12.6. The van der Waals surface area contributed by atoms with Crippen LogP contribution in [0.5, 0.6) is 11.5 Å². The van der Waals surface area contributed by atoms with Crippen LogP contribution in [0.25, 0.3) is 0 Å². The number of aromatic hydroxyl groups is 1. The number of ether oxygens (including phenoxy) is 1. The minimum atomic E-state index is -2.43. The maximum absolute atomic E-state index is 14.1. The summed E-state index contributed by atoms with van der Waals surface area (Å²) in [6.07, 6.45) is 0.830. The van der Waals surface area contributed by atoms with Crippen molar-refractivity contribution in [2.75, 3.05) is 10.6 Å². The lowest BCUT2D eigenvalue weighted by Gasteiger charge is -2.29. The number of halogens is 6. The SMILES string of the molecule is CCCCC(Oc1ccc(C(C)(C)C)cc1C(C)(C)C)C(=O)Nc1cc(O)c(NC(=O)c2c(F)c(F)c(F)c(F)c2F)cc1Cl. The van der Waals surface area contributed by atoms with E-state index >= 15 is 0 Å². The maximum atomic E-state index is 14.1. The van der Waals surface area contributed by atoms with Gasteiger partial charge in [0, 0.05) is 6.07 Å². The highest BCUT2D eigenvalue weighted by Gasteiger charge is 2.31. The van der Waals surface area contributed by atoms with Crippen LogP contribution in [0, 0.1) is 29.1 Å². The molecular weight excluding hydrogens is 619 g/mol. The molecular formula is C33H36ClF5N2O4. The smallest absolute Gasteiger partial charge is 0.265 e. The van der Waals surface area contributed by atoms with Crippen molar-refractivity contribution in [3.05, 3.63) is 81.1 Å². The number of nitrogens with one attached hydrogen (secondary N) is 2. The number of anilines is 2. The number of carbonyl (C=O) groups excluding carboxylic acids is 2. The molecule has 3 rings (SSSR count). The fraction of sp³-hybridized carbons (Fsp3) is 0.394. The molecule has 244 valence electrons. The molecule has 0 saturated heterocycles. The molecule has 3 N–H and O–H groups in total. The molecule has 0 aliphatic heterocycles. The van der Waals surface area contributed by atoms with Gasteiger partial charge >= 0.3 is 0 Å². The summed E-state index contributed by atoms with van der Waals surface area (Å²) >= 11 is 6.29. The van der Waals surface area contributed by atoms with Crippen LogP contribution in [0.15, 0.2) is 30.3 Å². The lowest BCUT2D eigenvalue weighted by Crippen LogP contribution is -2.34. The first-order chi connectivity index (χ1) is 20.8. The van der Waals surface area contributed by atoms with Gasteiger partial charge in [-0.3, -0.25) is 9.59 Å². The van der Waals surface area contributed by atoms with E-state index in [9.17, 15) is 36.6 Å². The highest BCUT2D eigenvalue weighted by Crippen LogP contribution is 2.38. The predicted molar refractivity (Wildman–Crippen MR) is 164 cm³/mol. The average Bonchev–Trinajstić information content (AvgIpc) is 2.94. The van der Waals surface area contributed by atoms with Crippen molar-refractivity contribution in [2.45, 2.75) is 84.7 Å². The molecule has 2 amide bonds.